The Morgan fingerprint density at radius 1 is 1.27 bits per heavy atom. The summed E-state index contributed by atoms with van der Waals surface area (Å²) >= 11 is 1.53. The molecule has 0 radical (unpaired) electrons. The maximum atomic E-state index is 11.7. The number of pyridine rings is 1. The monoisotopic (exact) mass is 341 g/mol. The van der Waals surface area contributed by atoms with Gasteiger partial charge in [-0.05, 0) is 11.5 Å². The molecule has 0 bridgehead atoms. The lowest BCUT2D eigenvalue weighted by atomic mass is 9.98. The van der Waals surface area contributed by atoms with E-state index in [1.807, 2.05) is 38.1 Å². The van der Waals surface area contributed by atoms with Gasteiger partial charge in [-0.2, -0.15) is 8.42 Å². The predicted octanol–water partition coefficient (Wildman–Crippen LogP) is 2.62. The molecule has 0 fully saturated rings. The first-order valence-electron chi connectivity index (χ1n) is 6.76. The van der Waals surface area contributed by atoms with E-state index in [1.165, 1.54) is 11.8 Å². The predicted molar refractivity (Wildman–Crippen MR) is 89.9 cm³/mol. The van der Waals surface area contributed by atoms with E-state index >= 15 is 0 Å². The Kier molecular flexibility index (Phi) is 4.99. The maximum Gasteiger partial charge on any atom is 0.264 e. The van der Waals surface area contributed by atoms with E-state index < -0.39 is 10.1 Å². The number of para-hydroxylation sites is 1. The van der Waals surface area contributed by atoms with E-state index in [-0.39, 0.29) is 17.6 Å². The molecule has 0 aliphatic carbocycles. The van der Waals surface area contributed by atoms with Crippen molar-refractivity contribution >= 4 is 32.8 Å². The Balaban J connectivity index is 2.16. The van der Waals surface area contributed by atoms with Gasteiger partial charge in [0, 0.05) is 27.6 Å². The quantitative estimate of drug-likeness (QED) is 0.646. The molecule has 1 heterocycles. The van der Waals surface area contributed by atoms with E-state index in [9.17, 15) is 13.2 Å². The van der Waals surface area contributed by atoms with Crippen LogP contribution >= 0.6 is 11.8 Å². The Morgan fingerprint density at radius 2 is 1.95 bits per heavy atom. The van der Waals surface area contributed by atoms with Crippen molar-refractivity contribution in [2.75, 3.05) is 18.6 Å². The molecule has 1 aromatic carbocycles. The molecule has 0 aliphatic heterocycles. The number of rotatable bonds is 6. The van der Waals surface area contributed by atoms with Crippen LogP contribution in [-0.2, 0) is 14.3 Å². The van der Waals surface area contributed by atoms with Crippen molar-refractivity contribution in [3.05, 3.63) is 40.7 Å². The van der Waals surface area contributed by atoms with E-state index in [4.69, 9.17) is 4.18 Å². The molecule has 0 saturated heterocycles. The van der Waals surface area contributed by atoms with Crippen LogP contribution in [0.15, 0.2) is 40.0 Å². The van der Waals surface area contributed by atoms with E-state index in [1.54, 1.807) is 6.07 Å². The van der Waals surface area contributed by atoms with Gasteiger partial charge < -0.3 is 4.98 Å². The van der Waals surface area contributed by atoms with Gasteiger partial charge in [-0.25, -0.2) is 0 Å². The normalized spacial score (nSPS) is 12.7. The molecule has 0 unspecified atom stereocenters. The fraction of sp³-hybridized carbons (Fsp3) is 0.400. The maximum absolute atomic E-state index is 11.7. The molecule has 0 spiro atoms. The molecule has 0 atom stereocenters. The second-order valence-corrected chi connectivity index (χ2v) is 8.62. The van der Waals surface area contributed by atoms with Crippen LogP contribution < -0.4 is 5.56 Å². The van der Waals surface area contributed by atoms with Crippen molar-refractivity contribution in [1.82, 2.24) is 4.98 Å². The highest BCUT2D eigenvalue weighted by molar-refractivity contribution is 7.99. The summed E-state index contributed by atoms with van der Waals surface area (Å²) in [4.78, 5) is 15.4. The summed E-state index contributed by atoms with van der Waals surface area (Å²) in [5, 5.41) is 0.979. The number of benzene rings is 1. The lowest BCUT2D eigenvalue weighted by Crippen LogP contribution is -2.24. The SMILES string of the molecule is CC(C)(COS(C)(=O)=O)CSc1cc(=O)[nH]c2ccccc12. The van der Waals surface area contributed by atoms with Gasteiger partial charge in [0.2, 0.25) is 5.56 Å². The van der Waals surface area contributed by atoms with Gasteiger partial charge in [-0.1, -0.05) is 32.0 Å². The zero-order valence-corrected chi connectivity index (χ0v) is 14.4. The molecule has 0 saturated carbocycles. The minimum Gasteiger partial charge on any atom is -0.322 e. The minimum absolute atomic E-state index is 0.111. The van der Waals surface area contributed by atoms with Crippen molar-refractivity contribution in [1.29, 1.82) is 0 Å². The Labute approximate surface area is 134 Å². The average Bonchev–Trinajstić information content (AvgIpc) is 2.42. The largest absolute Gasteiger partial charge is 0.322 e. The van der Waals surface area contributed by atoms with Crippen LogP contribution in [0.2, 0.25) is 0 Å². The van der Waals surface area contributed by atoms with Crippen LogP contribution in [0.4, 0.5) is 0 Å². The number of aromatic nitrogens is 1. The van der Waals surface area contributed by atoms with Gasteiger partial charge in [0.05, 0.1) is 12.9 Å². The zero-order valence-electron chi connectivity index (χ0n) is 12.8. The highest BCUT2D eigenvalue weighted by Gasteiger charge is 2.21. The number of nitrogens with one attached hydrogen (secondary N) is 1. The molecule has 120 valence electrons. The van der Waals surface area contributed by atoms with Gasteiger partial charge in [0.15, 0.2) is 0 Å². The Hall–Kier alpha value is -1.31. The fourth-order valence-electron chi connectivity index (χ4n) is 1.87. The second-order valence-electron chi connectivity index (χ2n) is 5.96. The van der Waals surface area contributed by atoms with Gasteiger partial charge >= 0.3 is 0 Å². The van der Waals surface area contributed by atoms with E-state index in [0.717, 1.165) is 22.1 Å². The smallest absolute Gasteiger partial charge is 0.264 e. The summed E-state index contributed by atoms with van der Waals surface area (Å²) < 4.78 is 27.1. The molecular weight excluding hydrogens is 322 g/mol. The third-order valence-electron chi connectivity index (χ3n) is 2.99. The lowest BCUT2D eigenvalue weighted by molar-refractivity contribution is 0.209. The van der Waals surface area contributed by atoms with Crippen LogP contribution in [0.1, 0.15) is 13.8 Å². The first-order valence-corrected chi connectivity index (χ1v) is 9.56. The summed E-state index contributed by atoms with van der Waals surface area (Å²) in [6.45, 7) is 3.97. The first kappa shape index (κ1) is 17.1. The molecular formula is C15H19NO4S2. The van der Waals surface area contributed by atoms with Crippen LogP contribution in [0.25, 0.3) is 10.9 Å². The van der Waals surface area contributed by atoms with Crippen molar-refractivity contribution in [2.45, 2.75) is 18.7 Å². The topological polar surface area (TPSA) is 76.2 Å². The van der Waals surface area contributed by atoms with Gasteiger partial charge in [-0.3, -0.25) is 8.98 Å². The standard InChI is InChI=1S/C15H19NO4S2/c1-15(2,9-20-22(3,18)19)10-21-13-8-14(17)16-12-7-5-4-6-11(12)13/h4-8H,9-10H2,1-3H3,(H,16,17). The average molecular weight is 341 g/mol. The molecule has 1 aromatic heterocycles. The number of aromatic amines is 1. The summed E-state index contributed by atoms with van der Waals surface area (Å²) in [5.41, 5.74) is 0.311. The number of H-pyrrole nitrogens is 1. The number of hydrogen-bond donors (Lipinski definition) is 1. The van der Waals surface area contributed by atoms with Gasteiger partial charge in [-0.15, -0.1) is 11.8 Å². The summed E-state index contributed by atoms with van der Waals surface area (Å²) in [6.07, 6.45) is 1.04. The third-order valence-corrected chi connectivity index (χ3v) is 5.12. The van der Waals surface area contributed by atoms with E-state index in [2.05, 4.69) is 4.98 Å². The van der Waals surface area contributed by atoms with Crippen molar-refractivity contribution < 1.29 is 12.6 Å². The Bertz CT molecular complexity index is 825. The summed E-state index contributed by atoms with van der Waals surface area (Å²) in [5.74, 6) is 0.635. The first-order chi connectivity index (χ1) is 10.2. The van der Waals surface area contributed by atoms with Crippen molar-refractivity contribution in [3.8, 4) is 0 Å². The minimum atomic E-state index is -3.45. The highest BCUT2D eigenvalue weighted by Crippen LogP contribution is 2.31. The van der Waals surface area contributed by atoms with Crippen molar-refractivity contribution in [2.24, 2.45) is 5.41 Å². The number of fused-ring (bicyclic) bond motifs is 1. The molecule has 0 amide bonds. The van der Waals surface area contributed by atoms with Gasteiger partial charge in [0.25, 0.3) is 10.1 Å². The van der Waals surface area contributed by atoms with Crippen LogP contribution in [0.3, 0.4) is 0 Å². The van der Waals surface area contributed by atoms with Crippen LogP contribution in [0, 0.1) is 5.41 Å². The lowest BCUT2D eigenvalue weighted by Gasteiger charge is -2.23. The van der Waals surface area contributed by atoms with Crippen molar-refractivity contribution in [3.63, 3.8) is 0 Å². The van der Waals surface area contributed by atoms with Crippen LogP contribution in [0.5, 0.6) is 0 Å². The third kappa shape index (κ3) is 4.86. The molecule has 5 nitrogen and oxygen atoms in total. The molecule has 2 aromatic rings. The molecule has 22 heavy (non-hydrogen) atoms. The summed E-state index contributed by atoms with van der Waals surface area (Å²) in [7, 11) is -3.45. The number of thioether (sulfide) groups is 1. The summed E-state index contributed by atoms with van der Waals surface area (Å²) in [6, 6.07) is 9.17. The van der Waals surface area contributed by atoms with E-state index in [0.29, 0.717) is 5.75 Å². The highest BCUT2D eigenvalue weighted by atomic mass is 32.2. The number of hydrogen-bond acceptors (Lipinski definition) is 5. The van der Waals surface area contributed by atoms with Crippen LogP contribution in [-0.4, -0.2) is 32.0 Å². The Morgan fingerprint density at radius 3 is 2.64 bits per heavy atom. The molecule has 2 rings (SSSR count). The second kappa shape index (κ2) is 6.44. The van der Waals surface area contributed by atoms with Gasteiger partial charge in [0.1, 0.15) is 0 Å². The fourth-order valence-corrected chi connectivity index (χ4v) is 3.56. The zero-order chi connectivity index (χ0) is 16.4. The molecule has 1 N–H and O–H groups in total. The molecule has 0 aliphatic rings. The molecule has 7 heteroatoms.